The Labute approximate surface area is 420 Å². The summed E-state index contributed by atoms with van der Waals surface area (Å²) in [6.07, 6.45) is 9.84. The van der Waals surface area contributed by atoms with Crippen LogP contribution in [0.3, 0.4) is 0 Å². The predicted octanol–water partition coefficient (Wildman–Crippen LogP) is 6.16. The maximum Gasteiger partial charge on any atom is 0.404 e. The highest BCUT2D eigenvalue weighted by atomic mass is 16.7. The summed E-state index contributed by atoms with van der Waals surface area (Å²) in [6, 6.07) is 0. The van der Waals surface area contributed by atoms with Crippen molar-refractivity contribution >= 4 is 24.2 Å². The fraction of sp³-hybridized carbons (Fsp3) is 0.704. The van der Waals surface area contributed by atoms with Crippen LogP contribution in [0, 0.1) is 47.9 Å². The number of terminal acetylenes is 1. The first-order valence-corrected chi connectivity index (χ1v) is 25.0. The van der Waals surface area contributed by atoms with E-state index in [1.165, 1.54) is 20.3 Å². The Morgan fingerprint density at radius 2 is 1.75 bits per heavy atom. The van der Waals surface area contributed by atoms with Crippen molar-refractivity contribution in [3.8, 4) is 12.3 Å². The van der Waals surface area contributed by atoms with E-state index in [1.54, 1.807) is 64.3 Å². The Hall–Kier alpha value is -4.38. The molecular weight excluding hydrogens is 917 g/mol. The number of primary amides is 1. The van der Waals surface area contributed by atoms with Crippen LogP contribution in [-0.2, 0) is 47.5 Å². The molecule has 398 valence electrons. The molecular formula is C54H82N2O15. The molecule has 7 unspecified atom stereocenters. The Kier molecular flexibility index (Phi) is 22.1. The first-order valence-electron chi connectivity index (χ1n) is 25.0. The minimum Gasteiger partial charge on any atom is -0.490 e. The maximum absolute atomic E-state index is 14.0. The van der Waals surface area contributed by atoms with E-state index < -0.39 is 120 Å². The number of amides is 1. The number of aliphatic imine (C=N–C) groups is 1. The summed E-state index contributed by atoms with van der Waals surface area (Å²) >= 11 is 0. The summed E-state index contributed by atoms with van der Waals surface area (Å²) < 4.78 is 48.3. The van der Waals surface area contributed by atoms with Crippen LogP contribution in [0.5, 0.6) is 0 Å². The Bertz CT molecular complexity index is 2020. The van der Waals surface area contributed by atoms with Gasteiger partial charge in [0.2, 0.25) is 5.76 Å². The first-order chi connectivity index (χ1) is 33.4. The first kappa shape index (κ1) is 59.2. The SMILES string of the molecule is C#CCCC1(CCC(=O)OC2C[C@@H](O[C@@H]3CC(O)([C@@H](C)[C@H](O)C(C)C4OC(=O)/C(OC)=C/C(C)=C/[C@@H](C)C(O)[C@@H](C)[C@@H](O)[C@H](C)C/C(C)=C/C=C/[C@@H]4OC)O[C@H](/C=C/C)[C@H]3C)OC(C)[C@@H]2OC(N)=O)C=N1. The lowest BCUT2D eigenvalue weighted by Crippen LogP contribution is -2.59. The number of methoxy groups -OCH3 is 2. The number of hydrogen-bond donors (Lipinski definition) is 5. The lowest BCUT2D eigenvalue weighted by Gasteiger charge is -2.50. The van der Waals surface area contributed by atoms with E-state index in [9.17, 15) is 34.8 Å². The molecule has 0 saturated carbocycles. The highest BCUT2D eigenvalue weighted by Gasteiger charge is 2.53. The van der Waals surface area contributed by atoms with Crippen molar-refractivity contribution in [1.29, 1.82) is 0 Å². The number of esters is 2. The van der Waals surface area contributed by atoms with Crippen molar-refractivity contribution < 1.29 is 72.7 Å². The van der Waals surface area contributed by atoms with Crippen molar-refractivity contribution in [3.63, 3.8) is 0 Å². The fourth-order valence-corrected chi connectivity index (χ4v) is 10.0. The van der Waals surface area contributed by atoms with Gasteiger partial charge in [-0.1, -0.05) is 89.1 Å². The van der Waals surface area contributed by atoms with E-state index in [4.69, 9.17) is 50.1 Å². The van der Waals surface area contributed by atoms with Gasteiger partial charge in [-0.05, 0) is 59.0 Å². The van der Waals surface area contributed by atoms with Gasteiger partial charge in [-0.2, -0.15) is 0 Å². The van der Waals surface area contributed by atoms with Gasteiger partial charge in [0.25, 0.3) is 0 Å². The smallest absolute Gasteiger partial charge is 0.404 e. The third-order valence-electron chi connectivity index (χ3n) is 14.7. The Morgan fingerprint density at radius 3 is 2.35 bits per heavy atom. The number of carbonyl (C=O) groups excluding carboxylic acids is 3. The molecule has 4 rings (SSSR count). The van der Waals surface area contributed by atoms with Crippen molar-refractivity contribution in [2.24, 2.45) is 46.2 Å². The molecule has 0 aromatic heterocycles. The molecule has 2 fully saturated rings. The topological polar surface area (TPSA) is 244 Å². The molecule has 0 aliphatic carbocycles. The molecule has 2 saturated heterocycles. The fourth-order valence-electron chi connectivity index (χ4n) is 10.0. The zero-order valence-electron chi connectivity index (χ0n) is 43.8. The van der Waals surface area contributed by atoms with Crippen molar-refractivity contribution in [3.05, 3.63) is 59.4 Å². The molecule has 19 atom stereocenters. The standard InChI is InChI=1S/C54H82N2O15/c1-14-16-22-53(29-56-53)23-21-44(57)67-41-27-45(66-38(11)50(41)70-52(55)62)68-43-28-54(63,71-39(18-15-2)34(43)7)37(10)48(60)36(9)49-40(64-12)20-17-19-30(3)24-32(5)46(58)35(8)47(59)33(6)25-31(4)26-42(65-13)51(61)69-49/h1,15,17-20,25-26,29,32-41,43,45-50,58-60,63H,16,21-24,27-28H2,2-13H3,(H2,55,62)/b18-15+,20-17+,30-19+,31-25+,42-26-/t32-,33-,34-,35+,36?,37+,38?,39-,40+,41?,43-,45-,46+,47?,48-,49?,50+,53?,54?/m1/s1. The largest absolute Gasteiger partial charge is 0.490 e. The van der Waals surface area contributed by atoms with Gasteiger partial charge in [-0.15, -0.1) is 12.3 Å². The second-order valence-corrected chi connectivity index (χ2v) is 20.3. The predicted molar refractivity (Wildman–Crippen MR) is 266 cm³/mol. The molecule has 4 heterocycles. The molecule has 0 spiro atoms. The second kappa shape index (κ2) is 26.5. The van der Waals surface area contributed by atoms with Crippen LogP contribution in [-0.4, -0.2) is 138 Å². The van der Waals surface area contributed by atoms with Gasteiger partial charge in [-0.25, -0.2) is 9.59 Å². The molecule has 0 radical (unpaired) electrons. The van der Waals surface area contributed by atoms with Crippen molar-refractivity contribution in [2.45, 2.75) is 193 Å². The zero-order chi connectivity index (χ0) is 53.0. The summed E-state index contributed by atoms with van der Waals surface area (Å²) in [7, 11) is 2.79. The normalized spacial score (nSPS) is 40.3. The number of cyclic esters (lactones) is 1. The molecule has 4 aliphatic rings. The lowest BCUT2D eigenvalue weighted by molar-refractivity contribution is -0.339. The molecule has 6 N–H and O–H groups in total. The van der Waals surface area contributed by atoms with Crippen molar-refractivity contribution in [1.82, 2.24) is 0 Å². The number of nitrogens with zero attached hydrogens (tertiary/aromatic N) is 1. The minimum atomic E-state index is -2.03. The summed E-state index contributed by atoms with van der Waals surface area (Å²) in [5, 5.41) is 47.4. The van der Waals surface area contributed by atoms with Gasteiger partial charge in [0, 0.05) is 68.6 Å². The van der Waals surface area contributed by atoms with Crippen LogP contribution in [0.1, 0.15) is 114 Å². The van der Waals surface area contributed by atoms with Gasteiger partial charge >= 0.3 is 18.0 Å². The highest BCUT2D eigenvalue weighted by molar-refractivity contribution is 5.87. The zero-order valence-corrected chi connectivity index (χ0v) is 43.8. The number of aliphatic hydroxyl groups is 4. The molecule has 4 aliphatic heterocycles. The molecule has 0 aromatic carbocycles. The molecule has 0 aromatic rings. The van der Waals surface area contributed by atoms with E-state index in [0.717, 1.165) is 5.57 Å². The highest BCUT2D eigenvalue weighted by Crippen LogP contribution is 2.43. The number of hydrogen-bond acceptors (Lipinski definition) is 16. The third kappa shape index (κ3) is 16.1. The van der Waals surface area contributed by atoms with Gasteiger partial charge in [0.1, 0.15) is 18.3 Å². The number of nitrogens with two attached hydrogens (primary N) is 1. The molecule has 71 heavy (non-hydrogen) atoms. The summed E-state index contributed by atoms with van der Waals surface area (Å²) in [6.45, 7) is 18.0. The van der Waals surface area contributed by atoms with Gasteiger partial charge in [0.05, 0.1) is 49.3 Å². The van der Waals surface area contributed by atoms with Crippen LogP contribution < -0.4 is 5.73 Å². The minimum absolute atomic E-state index is 0.0357. The van der Waals surface area contributed by atoms with E-state index in [2.05, 4.69) is 10.9 Å². The van der Waals surface area contributed by atoms with E-state index >= 15 is 0 Å². The molecule has 0 bridgehead atoms. The number of aliphatic hydroxyl groups excluding tert-OH is 3. The number of rotatable bonds is 16. The molecule has 17 nitrogen and oxygen atoms in total. The Morgan fingerprint density at radius 1 is 1.06 bits per heavy atom. The second-order valence-electron chi connectivity index (χ2n) is 20.3. The monoisotopic (exact) mass is 999 g/mol. The summed E-state index contributed by atoms with van der Waals surface area (Å²) in [5.74, 6) is -4.29. The summed E-state index contributed by atoms with van der Waals surface area (Å²) in [4.78, 5) is 43.6. The van der Waals surface area contributed by atoms with E-state index in [0.29, 0.717) is 31.3 Å². The number of carbonyl (C=O) groups is 3. The van der Waals surface area contributed by atoms with Crippen LogP contribution >= 0.6 is 0 Å². The molecule has 1 amide bonds. The van der Waals surface area contributed by atoms with Gasteiger partial charge < -0.3 is 64.1 Å². The van der Waals surface area contributed by atoms with Gasteiger partial charge in [-0.3, -0.25) is 9.79 Å². The van der Waals surface area contributed by atoms with E-state index in [1.807, 2.05) is 47.6 Å². The number of ether oxygens (including phenoxy) is 8. The van der Waals surface area contributed by atoms with Gasteiger partial charge in [0.15, 0.2) is 18.2 Å². The van der Waals surface area contributed by atoms with Crippen molar-refractivity contribution in [2.75, 3.05) is 14.2 Å². The third-order valence-corrected chi connectivity index (χ3v) is 14.7. The quantitative estimate of drug-likeness (QED) is 0.0503. The van der Waals surface area contributed by atoms with Crippen LogP contribution in [0.2, 0.25) is 0 Å². The average Bonchev–Trinajstić information content (AvgIpc) is 4.10. The summed E-state index contributed by atoms with van der Waals surface area (Å²) in [5.41, 5.74) is 6.52. The lowest BCUT2D eigenvalue weighted by atomic mass is 9.77. The van der Waals surface area contributed by atoms with Crippen LogP contribution in [0.15, 0.2) is 64.4 Å². The Balaban J connectivity index is 1.63. The average molecular weight is 999 g/mol. The maximum atomic E-state index is 14.0. The number of allylic oxidation sites excluding steroid dienone is 6. The van der Waals surface area contributed by atoms with Crippen LogP contribution in [0.4, 0.5) is 4.79 Å². The van der Waals surface area contributed by atoms with Crippen LogP contribution in [0.25, 0.3) is 0 Å². The molecule has 17 heteroatoms. The van der Waals surface area contributed by atoms with E-state index in [-0.39, 0.29) is 36.9 Å².